The molecular weight excluding hydrogens is 272 g/mol. The Labute approximate surface area is 119 Å². The fraction of sp³-hybridized carbons (Fsp3) is 0.0714. The van der Waals surface area contributed by atoms with E-state index in [1.807, 2.05) is 41.3 Å². The summed E-state index contributed by atoms with van der Waals surface area (Å²) in [5.74, 6) is 1.52. The van der Waals surface area contributed by atoms with E-state index in [0.29, 0.717) is 10.6 Å². The second-order valence-electron chi connectivity index (χ2n) is 4.18. The lowest BCUT2D eigenvalue weighted by Gasteiger charge is -2.06. The number of aromatic nitrogens is 3. The first kappa shape index (κ1) is 12.6. The maximum Gasteiger partial charge on any atom is 0.265 e. The van der Waals surface area contributed by atoms with E-state index >= 15 is 0 Å². The third-order valence-corrected chi connectivity index (χ3v) is 3.69. The van der Waals surface area contributed by atoms with Crippen molar-refractivity contribution in [2.24, 2.45) is 0 Å². The predicted octanol–water partition coefficient (Wildman–Crippen LogP) is 2.89. The second-order valence-corrected chi connectivity index (χ2v) is 5.13. The van der Waals surface area contributed by atoms with E-state index in [-0.39, 0.29) is 5.91 Å². The third kappa shape index (κ3) is 2.46. The van der Waals surface area contributed by atoms with Crippen molar-refractivity contribution in [2.45, 2.75) is 6.92 Å². The summed E-state index contributed by atoms with van der Waals surface area (Å²) in [5, 5.41) is 4.69. The quantitative estimate of drug-likeness (QED) is 0.804. The normalized spacial score (nSPS) is 10.4. The number of imidazole rings is 1. The highest BCUT2D eigenvalue weighted by Gasteiger charge is 2.07. The van der Waals surface area contributed by atoms with E-state index in [1.165, 1.54) is 11.3 Å². The molecule has 3 heterocycles. The molecule has 20 heavy (non-hydrogen) atoms. The molecule has 3 aromatic heterocycles. The lowest BCUT2D eigenvalue weighted by molar-refractivity contribution is 0.103. The number of carbonyl (C=O) groups excluding carboxylic acids is 1. The standard InChI is InChI=1S/C14H12N4OS/c1-10-15-6-7-18(10)13-5-4-11(9-16-13)17-14(19)12-3-2-8-20-12/h2-9H,1H3,(H,17,19). The Bertz CT molecular complexity index is 716. The van der Waals surface area contributed by atoms with Crippen LogP contribution in [0.15, 0.2) is 48.2 Å². The van der Waals surface area contributed by atoms with Gasteiger partial charge in [0.2, 0.25) is 0 Å². The summed E-state index contributed by atoms with van der Waals surface area (Å²) < 4.78 is 1.88. The number of rotatable bonds is 3. The molecule has 0 spiro atoms. The summed E-state index contributed by atoms with van der Waals surface area (Å²) >= 11 is 1.41. The zero-order chi connectivity index (χ0) is 13.9. The van der Waals surface area contributed by atoms with Gasteiger partial charge in [0.25, 0.3) is 5.91 Å². The Morgan fingerprint density at radius 2 is 2.20 bits per heavy atom. The number of thiophene rings is 1. The van der Waals surface area contributed by atoms with Crippen LogP contribution in [0, 0.1) is 6.92 Å². The lowest BCUT2D eigenvalue weighted by atomic mass is 10.3. The minimum absolute atomic E-state index is 0.117. The fourth-order valence-electron chi connectivity index (χ4n) is 1.82. The first-order valence-electron chi connectivity index (χ1n) is 6.05. The summed E-state index contributed by atoms with van der Waals surface area (Å²) in [6, 6.07) is 7.31. The van der Waals surface area contributed by atoms with Crippen molar-refractivity contribution in [3.8, 4) is 5.82 Å². The van der Waals surface area contributed by atoms with Crippen molar-refractivity contribution in [2.75, 3.05) is 5.32 Å². The van der Waals surface area contributed by atoms with Gasteiger partial charge in [-0.3, -0.25) is 9.36 Å². The molecule has 0 aliphatic rings. The molecule has 6 heteroatoms. The van der Waals surface area contributed by atoms with Gasteiger partial charge in [-0.05, 0) is 30.5 Å². The van der Waals surface area contributed by atoms with Gasteiger partial charge < -0.3 is 5.32 Å². The van der Waals surface area contributed by atoms with Gasteiger partial charge >= 0.3 is 0 Å². The first-order chi connectivity index (χ1) is 9.74. The summed E-state index contributed by atoms with van der Waals surface area (Å²) in [6.45, 7) is 1.91. The Morgan fingerprint density at radius 3 is 2.80 bits per heavy atom. The summed E-state index contributed by atoms with van der Waals surface area (Å²) in [4.78, 5) is 21.1. The van der Waals surface area contributed by atoms with Gasteiger partial charge in [0, 0.05) is 12.4 Å². The predicted molar refractivity (Wildman–Crippen MR) is 78.4 cm³/mol. The van der Waals surface area contributed by atoms with Crippen molar-refractivity contribution in [3.63, 3.8) is 0 Å². The van der Waals surface area contributed by atoms with Crippen LogP contribution < -0.4 is 5.32 Å². The number of amides is 1. The van der Waals surface area contributed by atoms with Crippen LogP contribution in [0.25, 0.3) is 5.82 Å². The molecule has 0 aromatic carbocycles. The SMILES string of the molecule is Cc1nccn1-c1ccc(NC(=O)c2cccs2)cn1. The highest BCUT2D eigenvalue weighted by atomic mass is 32.1. The molecule has 100 valence electrons. The topological polar surface area (TPSA) is 59.8 Å². The number of hydrogen-bond acceptors (Lipinski definition) is 4. The number of pyridine rings is 1. The maximum atomic E-state index is 11.9. The Hall–Kier alpha value is -2.47. The molecule has 0 unspecified atom stereocenters. The van der Waals surface area contributed by atoms with Crippen LogP contribution >= 0.6 is 11.3 Å². The van der Waals surface area contributed by atoms with Crippen LogP contribution in [0.5, 0.6) is 0 Å². The minimum Gasteiger partial charge on any atom is -0.320 e. The molecular formula is C14H12N4OS. The number of carbonyl (C=O) groups is 1. The molecule has 0 aliphatic heterocycles. The molecule has 0 fully saturated rings. The zero-order valence-corrected chi connectivity index (χ0v) is 11.6. The van der Waals surface area contributed by atoms with Gasteiger partial charge in [0.05, 0.1) is 16.8 Å². The van der Waals surface area contributed by atoms with Crippen molar-refractivity contribution < 1.29 is 4.79 Å². The van der Waals surface area contributed by atoms with Crippen LogP contribution in [-0.2, 0) is 0 Å². The second kappa shape index (κ2) is 5.26. The summed E-state index contributed by atoms with van der Waals surface area (Å²) in [7, 11) is 0. The van der Waals surface area contributed by atoms with Crippen molar-refractivity contribution in [3.05, 3.63) is 58.9 Å². The van der Waals surface area contributed by atoms with Crippen LogP contribution in [0.2, 0.25) is 0 Å². The third-order valence-electron chi connectivity index (χ3n) is 2.82. The summed E-state index contributed by atoms with van der Waals surface area (Å²) in [6.07, 6.45) is 5.21. The molecule has 1 N–H and O–H groups in total. The zero-order valence-electron chi connectivity index (χ0n) is 10.8. The van der Waals surface area contributed by atoms with E-state index in [9.17, 15) is 4.79 Å². The monoisotopic (exact) mass is 284 g/mol. The minimum atomic E-state index is -0.117. The molecule has 0 radical (unpaired) electrons. The molecule has 3 aromatic rings. The maximum absolute atomic E-state index is 11.9. The molecule has 0 aliphatic carbocycles. The molecule has 0 atom stereocenters. The molecule has 0 saturated carbocycles. The van der Waals surface area contributed by atoms with E-state index in [2.05, 4.69) is 15.3 Å². The van der Waals surface area contributed by atoms with Crippen molar-refractivity contribution in [1.82, 2.24) is 14.5 Å². The van der Waals surface area contributed by atoms with Gasteiger partial charge in [-0.1, -0.05) is 6.07 Å². The molecule has 0 saturated heterocycles. The van der Waals surface area contributed by atoms with Crippen LogP contribution in [-0.4, -0.2) is 20.4 Å². The Balaban J connectivity index is 1.77. The molecule has 0 bridgehead atoms. The molecule has 3 rings (SSSR count). The van der Waals surface area contributed by atoms with E-state index in [0.717, 1.165) is 11.6 Å². The van der Waals surface area contributed by atoms with Gasteiger partial charge in [0.1, 0.15) is 11.6 Å². The highest BCUT2D eigenvalue weighted by Crippen LogP contribution is 2.14. The number of nitrogens with one attached hydrogen (secondary N) is 1. The highest BCUT2D eigenvalue weighted by molar-refractivity contribution is 7.12. The van der Waals surface area contributed by atoms with Gasteiger partial charge in [-0.25, -0.2) is 9.97 Å². The lowest BCUT2D eigenvalue weighted by Crippen LogP contribution is -2.10. The smallest absolute Gasteiger partial charge is 0.265 e. The average molecular weight is 284 g/mol. The van der Waals surface area contributed by atoms with Crippen LogP contribution in [0.1, 0.15) is 15.5 Å². The van der Waals surface area contributed by atoms with Crippen molar-refractivity contribution in [1.29, 1.82) is 0 Å². The summed E-state index contributed by atoms with van der Waals surface area (Å²) in [5.41, 5.74) is 0.671. The number of nitrogens with zero attached hydrogens (tertiary/aromatic N) is 3. The Kier molecular flexibility index (Phi) is 3.30. The van der Waals surface area contributed by atoms with E-state index in [4.69, 9.17) is 0 Å². The van der Waals surface area contributed by atoms with E-state index < -0.39 is 0 Å². The number of aryl methyl sites for hydroxylation is 1. The van der Waals surface area contributed by atoms with Gasteiger partial charge in [0.15, 0.2) is 0 Å². The Morgan fingerprint density at radius 1 is 1.30 bits per heavy atom. The molecule has 5 nitrogen and oxygen atoms in total. The van der Waals surface area contributed by atoms with Gasteiger partial charge in [-0.2, -0.15) is 0 Å². The van der Waals surface area contributed by atoms with Crippen LogP contribution in [0.4, 0.5) is 5.69 Å². The van der Waals surface area contributed by atoms with Crippen LogP contribution in [0.3, 0.4) is 0 Å². The average Bonchev–Trinajstić information content (AvgIpc) is 3.11. The largest absolute Gasteiger partial charge is 0.320 e. The van der Waals surface area contributed by atoms with E-state index in [1.54, 1.807) is 18.5 Å². The van der Waals surface area contributed by atoms with Crippen molar-refractivity contribution >= 4 is 22.9 Å². The molecule has 1 amide bonds. The van der Waals surface area contributed by atoms with Gasteiger partial charge in [-0.15, -0.1) is 11.3 Å². The number of anilines is 1. The first-order valence-corrected chi connectivity index (χ1v) is 6.93. The number of hydrogen-bond donors (Lipinski definition) is 1. The fourth-order valence-corrected chi connectivity index (χ4v) is 2.44.